The molecular weight excluding hydrogens is 339 g/mol. The molecule has 2 aromatic heterocycles. The van der Waals surface area contributed by atoms with Gasteiger partial charge in [0.2, 0.25) is 16.0 Å². The number of benzene rings is 1. The van der Waals surface area contributed by atoms with Crippen LogP contribution in [0.15, 0.2) is 24.4 Å². The number of halogens is 2. The third kappa shape index (κ3) is 3.92. The Morgan fingerprint density at radius 1 is 1.39 bits per heavy atom. The fourth-order valence-corrected chi connectivity index (χ4v) is 2.74. The van der Waals surface area contributed by atoms with Crippen LogP contribution in [0, 0.1) is 11.2 Å². The molecule has 122 valence electrons. The van der Waals surface area contributed by atoms with E-state index in [4.69, 9.17) is 16.3 Å². The summed E-state index contributed by atoms with van der Waals surface area (Å²) in [5.74, 6) is 0.322. The normalized spacial score (nSPS) is 11.9. The Bertz CT molecular complexity index is 808. The van der Waals surface area contributed by atoms with E-state index in [0.29, 0.717) is 16.6 Å². The largest absolute Gasteiger partial charge is 0.437 e. The Balaban J connectivity index is 1.73. The summed E-state index contributed by atoms with van der Waals surface area (Å²) >= 11 is 7.17. The number of hydrogen-bond acceptors (Lipinski definition) is 5. The summed E-state index contributed by atoms with van der Waals surface area (Å²) in [5, 5.41) is 8.51. The van der Waals surface area contributed by atoms with Gasteiger partial charge in [0.15, 0.2) is 0 Å². The molecule has 23 heavy (non-hydrogen) atoms. The second kappa shape index (κ2) is 5.98. The van der Waals surface area contributed by atoms with E-state index in [2.05, 4.69) is 36.2 Å². The molecule has 2 heterocycles. The predicted molar refractivity (Wildman–Crippen MR) is 90.3 cm³/mol. The molecule has 0 aliphatic carbocycles. The van der Waals surface area contributed by atoms with Gasteiger partial charge in [0.05, 0.1) is 11.2 Å². The van der Waals surface area contributed by atoms with Gasteiger partial charge in [0.25, 0.3) is 0 Å². The number of nitrogens with one attached hydrogen (secondary N) is 1. The fraction of sp³-hybridized carbons (Fsp3) is 0.333. The second-order valence-electron chi connectivity index (χ2n) is 6.31. The Morgan fingerprint density at radius 2 is 2.17 bits per heavy atom. The molecule has 3 aromatic rings. The number of rotatable bonds is 4. The molecule has 0 saturated heterocycles. The average Bonchev–Trinajstić information content (AvgIpc) is 2.97. The molecule has 5 nitrogen and oxygen atoms in total. The quantitative estimate of drug-likeness (QED) is 0.728. The first kappa shape index (κ1) is 16.0. The lowest BCUT2D eigenvalue weighted by Crippen LogP contribution is -2.18. The standard InChI is InChI=1S/C15H16ClFN4OS/c1-15(2,3)8-18-13-20-21-7-12(19-14(21)23-13)22-9-4-5-11(17)10(16)6-9/h4-7H,8H2,1-3H3,(H,18,20). The van der Waals surface area contributed by atoms with E-state index in [1.165, 1.54) is 29.5 Å². The van der Waals surface area contributed by atoms with E-state index < -0.39 is 5.82 Å². The maximum Gasteiger partial charge on any atom is 0.240 e. The van der Waals surface area contributed by atoms with Crippen molar-refractivity contribution in [1.29, 1.82) is 0 Å². The molecule has 0 amide bonds. The Morgan fingerprint density at radius 3 is 2.83 bits per heavy atom. The highest BCUT2D eigenvalue weighted by atomic mass is 35.5. The molecular formula is C15H16ClFN4OS. The van der Waals surface area contributed by atoms with Crippen molar-refractivity contribution >= 4 is 33.0 Å². The molecule has 0 aliphatic rings. The number of aromatic nitrogens is 3. The molecule has 0 saturated carbocycles. The second-order valence-corrected chi connectivity index (χ2v) is 7.67. The van der Waals surface area contributed by atoms with Crippen LogP contribution in [-0.4, -0.2) is 21.1 Å². The molecule has 1 N–H and O–H groups in total. The summed E-state index contributed by atoms with van der Waals surface area (Å²) in [6, 6.07) is 4.16. The summed E-state index contributed by atoms with van der Waals surface area (Å²) in [4.78, 5) is 5.06. The van der Waals surface area contributed by atoms with Crippen LogP contribution in [0.4, 0.5) is 9.52 Å². The number of fused-ring (bicyclic) bond motifs is 1. The summed E-state index contributed by atoms with van der Waals surface area (Å²) in [6.07, 6.45) is 1.67. The van der Waals surface area contributed by atoms with Crippen LogP contribution in [0.5, 0.6) is 11.6 Å². The van der Waals surface area contributed by atoms with E-state index in [0.717, 1.165) is 11.7 Å². The van der Waals surface area contributed by atoms with Crippen molar-refractivity contribution in [3.8, 4) is 11.6 Å². The molecule has 1 aromatic carbocycles. The van der Waals surface area contributed by atoms with Crippen LogP contribution in [0.25, 0.3) is 4.96 Å². The van der Waals surface area contributed by atoms with Crippen LogP contribution >= 0.6 is 22.9 Å². The van der Waals surface area contributed by atoms with Crippen LogP contribution in [-0.2, 0) is 0 Å². The molecule has 0 bridgehead atoms. The number of imidazole rings is 1. The van der Waals surface area contributed by atoms with Gasteiger partial charge in [-0.15, -0.1) is 5.10 Å². The number of ether oxygens (including phenoxy) is 1. The van der Waals surface area contributed by atoms with Crippen molar-refractivity contribution in [2.45, 2.75) is 20.8 Å². The highest BCUT2D eigenvalue weighted by Crippen LogP contribution is 2.28. The zero-order valence-corrected chi connectivity index (χ0v) is 14.5. The van der Waals surface area contributed by atoms with Crippen LogP contribution < -0.4 is 10.1 Å². The fourth-order valence-electron chi connectivity index (χ4n) is 1.80. The Hall–Kier alpha value is -1.86. The summed E-state index contributed by atoms with van der Waals surface area (Å²) in [6.45, 7) is 7.27. The molecule has 0 unspecified atom stereocenters. The molecule has 8 heteroatoms. The van der Waals surface area contributed by atoms with E-state index in [-0.39, 0.29) is 10.4 Å². The maximum absolute atomic E-state index is 13.1. The SMILES string of the molecule is CC(C)(C)CNc1nn2cc(Oc3ccc(F)c(Cl)c3)nc2s1. The topological polar surface area (TPSA) is 51.5 Å². The predicted octanol–water partition coefficient (Wildman–Crippen LogP) is 4.83. The minimum absolute atomic E-state index is 0.00955. The lowest BCUT2D eigenvalue weighted by molar-refractivity contribution is 0.442. The van der Waals surface area contributed by atoms with Gasteiger partial charge in [-0.1, -0.05) is 43.7 Å². The molecule has 0 spiro atoms. The first-order valence-corrected chi connectivity index (χ1v) is 8.23. The Kier molecular flexibility index (Phi) is 4.16. The van der Waals surface area contributed by atoms with Crippen molar-refractivity contribution in [3.63, 3.8) is 0 Å². The summed E-state index contributed by atoms with van der Waals surface area (Å²) < 4.78 is 20.4. The van der Waals surface area contributed by atoms with Crippen molar-refractivity contribution in [2.24, 2.45) is 5.41 Å². The van der Waals surface area contributed by atoms with E-state index in [1.807, 2.05) is 0 Å². The zero-order chi connectivity index (χ0) is 16.6. The lowest BCUT2D eigenvalue weighted by Gasteiger charge is -2.17. The smallest absolute Gasteiger partial charge is 0.240 e. The number of nitrogens with zero attached hydrogens (tertiary/aromatic N) is 3. The van der Waals surface area contributed by atoms with E-state index >= 15 is 0 Å². The van der Waals surface area contributed by atoms with Crippen molar-refractivity contribution in [1.82, 2.24) is 14.6 Å². The summed E-state index contributed by atoms with van der Waals surface area (Å²) in [7, 11) is 0. The van der Waals surface area contributed by atoms with Crippen LogP contribution in [0.3, 0.4) is 0 Å². The van der Waals surface area contributed by atoms with Crippen molar-refractivity contribution < 1.29 is 9.13 Å². The molecule has 3 rings (SSSR count). The van der Waals surface area contributed by atoms with Gasteiger partial charge >= 0.3 is 0 Å². The van der Waals surface area contributed by atoms with Gasteiger partial charge in [-0.2, -0.15) is 4.98 Å². The highest BCUT2D eigenvalue weighted by Gasteiger charge is 2.13. The van der Waals surface area contributed by atoms with E-state index in [9.17, 15) is 4.39 Å². The number of anilines is 1. The Labute approximate surface area is 142 Å². The minimum Gasteiger partial charge on any atom is -0.437 e. The lowest BCUT2D eigenvalue weighted by atomic mass is 9.97. The molecule has 0 fully saturated rings. The van der Waals surface area contributed by atoms with Crippen molar-refractivity contribution in [3.05, 3.63) is 35.2 Å². The summed E-state index contributed by atoms with van der Waals surface area (Å²) in [5.41, 5.74) is 0.171. The first-order chi connectivity index (χ1) is 10.8. The van der Waals surface area contributed by atoms with Gasteiger partial charge in [-0.05, 0) is 17.5 Å². The van der Waals surface area contributed by atoms with Gasteiger partial charge in [-0.3, -0.25) is 0 Å². The third-order valence-electron chi connectivity index (χ3n) is 2.90. The highest BCUT2D eigenvalue weighted by molar-refractivity contribution is 7.20. The first-order valence-electron chi connectivity index (χ1n) is 7.03. The zero-order valence-electron chi connectivity index (χ0n) is 12.9. The van der Waals surface area contributed by atoms with Gasteiger partial charge in [0, 0.05) is 12.6 Å². The molecule has 0 atom stereocenters. The van der Waals surface area contributed by atoms with Gasteiger partial charge < -0.3 is 10.1 Å². The molecule has 0 radical (unpaired) electrons. The minimum atomic E-state index is -0.485. The average molecular weight is 355 g/mol. The number of hydrogen-bond donors (Lipinski definition) is 1. The maximum atomic E-state index is 13.1. The van der Waals surface area contributed by atoms with Gasteiger partial charge in [-0.25, -0.2) is 8.91 Å². The monoisotopic (exact) mass is 354 g/mol. The van der Waals surface area contributed by atoms with Crippen molar-refractivity contribution in [2.75, 3.05) is 11.9 Å². The van der Waals surface area contributed by atoms with Crippen LogP contribution in [0.1, 0.15) is 20.8 Å². The third-order valence-corrected chi connectivity index (χ3v) is 4.07. The van der Waals surface area contributed by atoms with Gasteiger partial charge in [0.1, 0.15) is 11.6 Å². The molecule has 0 aliphatic heterocycles. The van der Waals surface area contributed by atoms with E-state index in [1.54, 1.807) is 10.7 Å². The van der Waals surface area contributed by atoms with Crippen LogP contribution in [0.2, 0.25) is 5.02 Å².